The maximum absolute atomic E-state index is 12.3. The Morgan fingerprint density at radius 3 is 2.21 bits per heavy atom. The molecule has 3 nitrogen and oxygen atoms in total. The quantitative estimate of drug-likeness (QED) is 0.769. The van der Waals surface area contributed by atoms with Gasteiger partial charge in [-0.1, -0.05) is 60.7 Å². The van der Waals surface area contributed by atoms with Gasteiger partial charge in [-0.2, -0.15) is 0 Å². The van der Waals surface area contributed by atoms with Crippen LogP contribution in [0.1, 0.15) is 36.1 Å². The van der Waals surface area contributed by atoms with E-state index in [1.54, 1.807) is 0 Å². The van der Waals surface area contributed by atoms with Gasteiger partial charge in [0, 0.05) is 5.75 Å². The van der Waals surface area contributed by atoms with Gasteiger partial charge in [0.25, 0.3) is 0 Å². The fourth-order valence-corrected chi connectivity index (χ4v) is 3.62. The lowest BCUT2D eigenvalue weighted by molar-refractivity contribution is -0.119. The Bertz CT molecular complexity index is 643. The van der Waals surface area contributed by atoms with E-state index in [0.717, 1.165) is 5.56 Å². The highest BCUT2D eigenvalue weighted by Gasteiger charge is 2.33. The van der Waals surface area contributed by atoms with Crippen LogP contribution in [0.4, 0.5) is 0 Å². The number of amides is 1. The zero-order valence-electron chi connectivity index (χ0n) is 13.6. The third kappa shape index (κ3) is 4.86. The first kappa shape index (κ1) is 17.1. The van der Waals surface area contributed by atoms with E-state index in [-0.39, 0.29) is 11.9 Å². The van der Waals surface area contributed by atoms with Crippen LogP contribution < -0.4 is 5.32 Å². The van der Waals surface area contributed by atoms with Gasteiger partial charge >= 0.3 is 0 Å². The summed E-state index contributed by atoms with van der Waals surface area (Å²) in [4.78, 5) is 12.3. The maximum Gasteiger partial charge on any atom is 0.230 e. The van der Waals surface area contributed by atoms with Crippen molar-refractivity contribution in [1.82, 2.24) is 5.32 Å². The van der Waals surface area contributed by atoms with Crippen LogP contribution >= 0.6 is 11.8 Å². The Morgan fingerprint density at radius 2 is 1.62 bits per heavy atom. The van der Waals surface area contributed by atoms with Gasteiger partial charge in [-0.3, -0.25) is 4.79 Å². The summed E-state index contributed by atoms with van der Waals surface area (Å²) < 4.78 is 0. The summed E-state index contributed by atoms with van der Waals surface area (Å²) in [5.41, 5.74) is 2.08. The fraction of sp³-hybridized carbons (Fsp3) is 0.350. The molecule has 2 aromatic rings. The number of aliphatic hydroxyl groups excluding tert-OH is 1. The SMILES string of the molecule is O=C(CSCC(O)c1ccccc1)NC(c1ccccc1)C1CC1. The van der Waals surface area contributed by atoms with Crippen molar-refractivity contribution in [3.05, 3.63) is 71.8 Å². The molecule has 1 saturated carbocycles. The highest BCUT2D eigenvalue weighted by atomic mass is 32.2. The minimum absolute atomic E-state index is 0.0426. The Labute approximate surface area is 147 Å². The van der Waals surface area contributed by atoms with Crippen molar-refractivity contribution >= 4 is 17.7 Å². The van der Waals surface area contributed by atoms with E-state index in [1.165, 1.54) is 30.2 Å². The minimum atomic E-state index is -0.530. The summed E-state index contributed by atoms with van der Waals surface area (Å²) in [6.45, 7) is 0. The van der Waals surface area contributed by atoms with E-state index in [9.17, 15) is 9.90 Å². The van der Waals surface area contributed by atoms with Gasteiger partial charge in [0.05, 0.1) is 17.9 Å². The molecule has 0 heterocycles. The van der Waals surface area contributed by atoms with E-state index >= 15 is 0 Å². The predicted octanol–water partition coefficient (Wildman–Crippen LogP) is 3.72. The van der Waals surface area contributed by atoms with Gasteiger partial charge in [-0.25, -0.2) is 0 Å². The predicted molar refractivity (Wildman–Crippen MR) is 98.8 cm³/mol. The van der Waals surface area contributed by atoms with Gasteiger partial charge in [-0.15, -0.1) is 11.8 Å². The molecule has 1 amide bonds. The molecule has 126 valence electrons. The van der Waals surface area contributed by atoms with Crippen LogP contribution in [0, 0.1) is 5.92 Å². The molecule has 2 atom stereocenters. The van der Waals surface area contributed by atoms with Crippen LogP contribution in [0.3, 0.4) is 0 Å². The van der Waals surface area contributed by atoms with Crippen LogP contribution in [0.25, 0.3) is 0 Å². The second-order valence-corrected chi connectivity index (χ2v) is 7.27. The first-order valence-corrected chi connectivity index (χ1v) is 9.54. The number of hydrogen-bond acceptors (Lipinski definition) is 3. The molecule has 2 unspecified atom stereocenters. The summed E-state index contributed by atoms with van der Waals surface area (Å²) in [5.74, 6) is 1.51. The van der Waals surface area contributed by atoms with Crippen LogP contribution in [-0.4, -0.2) is 22.5 Å². The molecule has 1 aliphatic carbocycles. The number of rotatable bonds is 8. The standard InChI is InChI=1S/C20H23NO2S/c22-18(15-7-3-1-4-8-15)13-24-14-19(23)21-20(17-11-12-17)16-9-5-2-6-10-16/h1-10,17-18,20,22H,11-14H2,(H,21,23). The monoisotopic (exact) mass is 341 g/mol. The maximum atomic E-state index is 12.3. The lowest BCUT2D eigenvalue weighted by Gasteiger charge is -2.19. The Kier molecular flexibility index (Phi) is 5.94. The molecule has 0 bridgehead atoms. The van der Waals surface area contributed by atoms with E-state index < -0.39 is 6.10 Å². The number of aliphatic hydroxyl groups is 1. The number of nitrogens with one attached hydrogen (secondary N) is 1. The van der Waals surface area contributed by atoms with Gasteiger partial charge in [0.15, 0.2) is 0 Å². The van der Waals surface area contributed by atoms with E-state index in [4.69, 9.17) is 0 Å². The zero-order chi connectivity index (χ0) is 16.8. The topological polar surface area (TPSA) is 49.3 Å². The molecule has 4 heteroatoms. The van der Waals surface area contributed by atoms with E-state index in [1.807, 2.05) is 48.5 Å². The number of thioether (sulfide) groups is 1. The molecule has 2 N–H and O–H groups in total. The van der Waals surface area contributed by atoms with Gasteiger partial charge in [-0.05, 0) is 29.9 Å². The molecule has 3 rings (SSSR count). The Balaban J connectivity index is 1.46. The highest BCUT2D eigenvalue weighted by Crippen LogP contribution is 2.40. The van der Waals surface area contributed by atoms with Crippen LogP contribution in [0.2, 0.25) is 0 Å². The number of carbonyl (C=O) groups is 1. The Morgan fingerprint density at radius 1 is 1.04 bits per heavy atom. The summed E-state index contributed by atoms with van der Waals surface area (Å²) >= 11 is 1.47. The summed E-state index contributed by atoms with van der Waals surface area (Å²) in [6.07, 6.45) is 1.83. The molecule has 0 radical (unpaired) electrons. The molecule has 0 aliphatic heterocycles. The van der Waals surface area contributed by atoms with Crippen molar-refractivity contribution in [3.63, 3.8) is 0 Å². The zero-order valence-corrected chi connectivity index (χ0v) is 14.4. The average Bonchev–Trinajstić information content (AvgIpc) is 3.46. The average molecular weight is 341 g/mol. The lowest BCUT2D eigenvalue weighted by atomic mass is 10.0. The van der Waals surface area contributed by atoms with Crippen LogP contribution in [-0.2, 0) is 4.79 Å². The van der Waals surface area contributed by atoms with Gasteiger partial charge in [0.2, 0.25) is 5.91 Å². The number of carbonyl (C=O) groups excluding carboxylic acids is 1. The first-order valence-electron chi connectivity index (χ1n) is 8.39. The van der Waals surface area contributed by atoms with E-state index in [2.05, 4.69) is 17.4 Å². The third-order valence-corrected chi connectivity index (χ3v) is 5.28. The van der Waals surface area contributed by atoms with Gasteiger partial charge < -0.3 is 10.4 Å². The van der Waals surface area contributed by atoms with Crippen molar-refractivity contribution in [1.29, 1.82) is 0 Å². The molecule has 0 aromatic heterocycles. The third-order valence-electron chi connectivity index (χ3n) is 4.26. The van der Waals surface area contributed by atoms with Gasteiger partial charge in [0.1, 0.15) is 0 Å². The van der Waals surface area contributed by atoms with Crippen molar-refractivity contribution in [3.8, 4) is 0 Å². The number of benzene rings is 2. The van der Waals surface area contributed by atoms with Crippen LogP contribution in [0.5, 0.6) is 0 Å². The summed E-state index contributed by atoms with van der Waals surface area (Å²) in [7, 11) is 0. The van der Waals surface area contributed by atoms with E-state index in [0.29, 0.717) is 17.4 Å². The number of hydrogen-bond donors (Lipinski definition) is 2. The first-order chi connectivity index (χ1) is 11.7. The molecule has 0 saturated heterocycles. The normalized spacial score (nSPS) is 16.4. The minimum Gasteiger partial charge on any atom is -0.388 e. The smallest absolute Gasteiger partial charge is 0.230 e. The van der Waals surface area contributed by atoms with Crippen molar-refractivity contribution < 1.29 is 9.90 Å². The summed E-state index contributed by atoms with van der Waals surface area (Å²) in [5, 5.41) is 13.3. The van der Waals surface area contributed by atoms with Crippen molar-refractivity contribution in [2.24, 2.45) is 5.92 Å². The highest BCUT2D eigenvalue weighted by molar-refractivity contribution is 7.99. The second kappa shape index (κ2) is 8.36. The molecule has 1 aliphatic rings. The molecule has 1 fully saturated rings. The largest absolute Gasteiger partial charge is 0.388 e. The lowest BCUT2D eigenvalue weighted by Crippen LogP contribution is -2.31. The molecule has 0 spiro atoms. The van der Waals surface area contributed by atoms with Crippen LogP contribution in [0.15, 0.2) is 60.7 Å². The molecule has 2 aromatic carbocycles. The molecular weight excluding hydrogens is 318 g/mol. The Hall–Kier alpha value is -1.78. The molecule has 24 heavy (non-hydrogen) atoms. The van der Waals surface area contributed by atoms with Crippen molar-refractivity contribution in [2.75, 3.05) is 11.5 Å². The molecular formula is C20H23NO2S. The summed E-state index contributed by atoms with van der Waals surface area (Å²) in [6, 6.07) is 19.9. The van der Waals surface area contributed by atoms with Crippen molar-refractivity contribution in [2.45, 2.75) is 25.0 Å². The second-order valence-electron chi connectivity index (χ2n) is 6.23. The fourth-order valence-electron chi connectivity index (χ4n) is 2.81.